The summed E-state index contributed by atoms with van der Waals surface area (Å²) in [6.07, 6.45) is 0.384. The molecule has 1 aromatic rings. The van der Waals surface area contributed by atoms with E-state index in [0.29, 0.717) is 6.29 Å². The first-order valence-corrected chi connectivity index (χ1v) is 3.80. The number of nitrogens with zero attached hydrogens (tertiary/aromatic N) is 1. The van der Waals surface area contributed by atoms with Crippen molar-refractivity contribution in [2.75, 3.05) is 0 Å². The summed E-state index contributed by atoms with van der Waals surface area (Å²) in [6, 6.07) is 3.54. The van der Waals surface area contributed by atoms with Gasteiger partial charge in [0.15, 0.2) is 12.1 Å². The molecule has 0 aromatic heterocycles. The van der Waals surface area contributed by atoms with Gasteiger partial charge in [-0.2, -0.15) is 5.26 Å². The van der Waals surface area contributed by atoms with Crippen LogP contribution >= 0.6 is 0 Å². The van der Waals surface area contributed by atoms with Gasteiger partial charge < -0.3 is 0 Å². The maximum Gasteiger partial charge on any atom is 0.160 e. The molecule has 0 amide bonds. The third kappa shape index (κ3) is 1.67. The molecule has 0 saturated heterocycles. The van der Waals surface area contributed by atoms with Crippen LogP contribution in [-0.4, -0.2) is 12.1 Å². The van der Waals surface area contributed by atoms with E-state index < -0.39 is 11.6 Å². The molecule has 70 valence electrons. The number of hydrogen-bond donors (Lipinski definition) is 0. The average Bonchev–Trinajstić information content (AvgIpc) is 2.16. The highest BCUT2D eigenvalue weighted by Gasteiger charge is 2.13. The fourth-order valence-electron chi connectivity index (χ4n) is 1.13. The first kappa shape index (κ1) is 10.1. The van der Waals surface area contributed by atoms with E-state index in [-0.39, 0.29) is 16.7 Å². The zero-order valence-electron chi connectivity index (χ0n) is 7.37. The quantitative estimate of drug-likeness (QED) is 0.528. The minimum absolute atomic E-state index is 0.0543. The molecular formula is C10H6FNO2. The minimum atomic E-state index is -0.697. The van der Waals surface area contributed by atoms with Crippen LogP contribution < -0.4 is 0 Å². The number of rotatable bonds is 2. The molecule has 0 N–H and O–H groups in total. The first-order chi connectivity index (χ1) is 6.60. The van der Waals surface area contributed by atoms with Gasteiger partial charge in [-0.25, -0.2) is 4.39 Å². The summed E-state index contributed by atoms with van der Waals surface area (Å²) in [5.74, 6) is -1.14. The lowest BCUT2D eigenvalue weighted by molar-refractivity contribution is 0.100. The molecule has 0 radical (unpaired) electrons. The van der Waals surface area contributed by atoms with Crippen LogP contribution in [0.15, 0.2) is 12.1 Å². The van der Waals surface area contributed by atoms with Crippen LogP contribution in [0.1, 0.15) is 33.2 Å². The van der Waals surface area contributed by atoms with E-state index in [4.69, 9.17) is 5.26 Å². The fourth-order valence-corrected chi connectivity index (χ4v) is 1.13. The van der Waals surface area contributed by atoms with Gasteiger partial charge in [0.25, 0.3) is 0 Å². The van der Waals surface area contributed by atoms with Crippen molar-refractivity contribution in [3.63, 3.8) is 0 Å². The van der Waals surface area contributed by atoms with Gasteiger partial charge in [0.1, 0.15) is 11.9 Å². The van der Waals surface area contributed by atoms with Crippen molar-refractivity contribution in [1.29, 1.82) is 5.26 Å². The molecule has 0 aliphatic heterocycles. The standard InChI is InChI=1S/C10H6FNO2/c1-6(14)9-3-8(11)2-7(4-12)10(9)5-13/h2-3,5H,1H3. The molecule has 0 aliphatic carbocycles. The van der Waals surface area contributed by atoms with E-state index in [1.807, 2.05) is 0 Å². The second-order valence-corrected chi connectivity index (χ2v) is 2.70. The Morgan fingerprint density at radius 2 is 2.21 bits per heavy atom. The van der Waals surface area contributed by atoms with E-state index in [2.05, 4.69) is 0 Å². The molecule has 0 saturated carbocycles. The maximum absolute atomic E-state index is 12.9. The molecule has 0 heterocycles. The molecule has 1 aromatic carbocycles. The largest absolute Gasteiger partial charge is 0.298 e. The van der Waals surface area contributed by atoms with E-state index in [1.165, 1.54) is 6.92 Å². The highest BCUT2D eigenvalue weighted by Crippen LogP contribution is 2.15. The Kier molecular flexibility index (Phi) is 2.73. The number of hydrogen-bond acceptors (Lipinski definition) is 3. The van der Waals surface area contributed by atoms with Gasteiger partial charge in [0.05, 0.1) is 5.56 Å². The highest BCUT2D eigenvalue weighted by atomic mass is 19.1. The third-order valence-electron chi connectivity index (χ3n) is 1.76. The van der Waals surface area contributed by atoms with Crippen LogP contribution in [0.3, 0.4) is 0 Å². The maximum atomic E-state index is 12.9. The van der Waals surface area contributed by atoms with Crippen LogP contribution in [-0.2, 0) is 0 Å². The monoisotopic (exact) mass is 191 g/mol. The molecule has 0 spiro atoms. The van der Waals surface area contributed by atoms with E-state index in [1.54, 1.807) is 6.07 Å². The van der Waals surface area contributed by atoms with Gasteiger partial charge in [-0.1, -0.05) is 0 Å². The summed E-state index contributed by atoms with van der Waals surface area (Å²) in [6.45, 7) is 1.21. The summed E-state index contributed by atoms with van der Waals surface area (Å²) >= 11 is 0. The highest BCUT2D eigenvalue weighted by molar-refractivity contribution is 6.02. The smallest absolute Gasteiger partial charge is 0.160 e. The summed E-state index contributed by atoms with van der Waals surface area (Å²) < 4.78 is 12.9. The molecular weight excluding hydrogens is 185 g/mol. The lowest BCUT2D eigenvalue weighted by Gasteiger charge is -2.02. The van der Waals surface area contributed by atoms with Crippen LogP contribution in [0.2, 0.25) is 0 Å². The predicted octanol–water partition coefficient (Wildman–Crippen LogP) is 1.71. The first-order valence-electron chi connectivity index (χ1n) is 3.80. The second kappa shape index (κ2) is 3.79. The van der Waals surface area contributed by atoms with Crippen LogP contribution in [0.4, 0.5) is 4.39 Å². The Balaban J connectivity index is 3.57. The molecule has 0 fully saturated rings. The lowest BCUT2D eigenvalue weighted by Crippen LogP contribution is -2.02. The molecule has 1 rings (SSSR count). The molecule has 14 heavy (non-hydrogen) atoms. The number of carbonyl (C=O) groups is 2. The number of Topliss-reactive ketones (excluding diaryl/α,β-unsaturated/α-hetero) is 1. The number of carbonyl (C=O) groups excluding carboxylic acids is 2. The molecule has 0 atom stereocenters. The number of benzene rings is 1. The topological polar surface area (TPSA) is 57.9 Å². The van der Waals surface area contributed by atoms with Crippen LogP contribution in [0.25, 0.3) is 0 Å². The van der Waals surface area contributed by atoms with Crippen molar-refractivity contribution >= 4 is 12.1 Å². The van der Waals surface area contributed by atoms with Gasteiger partial charge >= 0.3 is 0 Å². The average molecular weight is 191 g/mol. The Hall–Kier alpha value is -2.02. The Morgan fingerprint density at radius 3 is 2.64 bits per heavy atom. The van der Waals surface area contributed by atoms with Crippen molar-refractivity contribution in [2.45, 2.75) is 6.92 Å². The van der Waals surface area contributed by atoms with Crippen molar-refractivity contribution in [3.05, 3.63) is 34.6 Å². The van der Waals surface area contributed by atoms with Crippen molar-refractivity contribution < 1.29 is 14.0 Å². The minimum Gasteiger partial charge on any atom is -0.298 e. The molecule has 0 bridgehead atoms. The van der Waals surface area contributed by atoms with E-state index in [0.717, 1.165) is 12.1 Å². The lowest BCUT2D eigenvalue weighted by atomic mass is 10.00. The number of ketones is 1. The summed E-state index contributed by atoms with van der Waals surface area (Å²) in [5.41, 5.74) is -0.233. The van der Waals surface area contributed by atoms with Crippen molar-refractivity contribution in [3.8, 4) is 6.07 Å². The third-order valence-corrected chi connectivity index (χ3v) is 1.76. The number of halogens is 1. The molecule has 3 nitrogen and oxygen atoms in total. The Morgan fingerprint density at radius 1 is 1.57 bits per heavy atom. The Bertz CT molecular complexity index is 446. The molecule has 4 heteroatoms. The van der Waals surface area contributed by atoms with E-state index in [9.17, 15) is 14.0 Å². The zero-order valence-corrected chi connectivity index (χ0v) is 7.37. The fraction of sp³-hybridized carbons (Fsp3) is 0.100. The normalized spacial score (nSPS) is 9.21. The van der Waals surface area contributed by atoms with Gasteiger partial charge in [0.2, 0.25) is 0 Å². The summed E-state index contributed by atoms with van der Waals surface area (Å²) in [5, 5.41) is 8.59. The van der Waals surface area contributed by atoms with Gasteiger partial charge in [-0.05, 0) is 19.1 Å². The molecule has 0 aliphatic rings. The van der Waals surface area contributed by atoms with Crippen molar-refractivity contribution in [2.24, 2.45) is 0 Å². The second-order valence-electron chi connectivity index (χ2n) is 2.70. The predicted molar refractivity (Wildman–Crippen MR) is 46.5 cm³/mol. The molecule has 0 unspecified atom stereocenters. The Labute approximate surface area is 79.8 Å². The van der Waals surface area contributed by atoms with Gasteiger partial charge in [-0.3, -0.25) is 9.59 Å². The van der Waals surface area contributed by atoms with Crippen molar-refractivity contribution in [1.82, 2.24) is 0 Å². The van der Waals surface area contributed by atoms with Gasteiger partial charge in [-0.15, -0.1) is 0 Å². The SMILES string of the molecule is CC(=O)c1cc(F)cc(C#N)c1C=O. The van der Waals surface area contributed by atoms with Crippen LogP contribution in [0.5, 0.6) is 0 Å². The van der Waals surface area contributed by atoms with E-state index >= 15 is 0 Å². The van der Waals surface area contributed by atoms with Gasteiger partial charge in [0, 0.05) is 11.1 Å². The number of aldehydes is 1. The van der Waals surface area contributed by atoms with Crippen LogP contribution in [0, 0.1) is 17.1 Å². The number of nitriles is 1. The summed E-state index contributed by atoms with van der Waals surface area (Å²) in [7, 11) is 0. The zero-order chi connectivity index (χ0) is 10.7. The summed E-state index contributed by atoms with van der Waals surface area (Å²) in [4.78, 5) is 21.6.